The van der Waals surface area contributed by atoms with Gasteiger partial charge in [0.2, 0.25) is 0 Å². The first-order valence-electron chi connectivity index (χ1n) is 9.63. The first-order valence-corrected chi connectivity index (χ1v) is 13.0. The van der Waals surface area contributed by atoms with Crippen LogP contribution in [0.5, 0.6) is 0 Å². The summed E-state index contributed by atoms with van der Waals surface area (Å²) in [6.07, 6.45) is -0.0644. The largest absolute Gasteiger partial charge is 0.321 e. The van der Waals surface area contributed by atoms with Crippen molar-refractivity contribution in [3.63, 3.8) is 0 Å². The number of hydrogen-bond acceptors (Lipinski definition) is 6. The van der Waals surface area contributed by atoms with Gasteiger partial charge in [0, 0.05) is 28.5 Å². The highest BCUT2D eigenvalue weighted by molar-refractivity contribution is 8.77. The number of benzene rings is 1. The molecule has 1 unspecified atom stereocenters. The van der Waals surface area contributed by atoms with Crippen molar-refractivity contribution in [3.8, 4) is 6.07 Å². The van der Waals surface area contributed by atoms with E-state index in [4.69, 9.17) is 14.3 Å². The molecule has 1 aromatic rings. The summed E-state index contributed by atoms with van der Waals surface area (Å²) in [5, 5.41) is 8.60. The Morgan fingerprint density at radius 3 is 2.45 bits per heavy atom. The van der Waals surface area contributed by atoms with Gasteiger partial charge in [0.25, 0.3) is 8.53 Å². The van der Waals surface area contributed by atoms with Crippen LogP contribution in [0.2, 0.25) is 0 Å². The molecular weight excluding hydrogens is 433 g/mol. The summed E-state index contributed by atoms with van der Waals surface area (Å²) in [5.41, 5.74) is 0.437. The maximum absolute atomic E-state index is 14.5. The average molecular weight is 463 g/mol. The molecule has 1 aliphatic heterocycles. The molecule has 0 aliphatic carbocycles. The third kappa shape index (κ3) is 6.29. The van der Waals surface area contributed by atoms with E-state index in [0.717, 1.165) is 6.07 Å². The number of nitrogens with zero attached hydrogens (tertiary/aromatic N) is 2. The van der Waals surface area contributed by atoms with Crippen LogP contribution >= 0.6 is 30.1 Å². The van der Waals surface area contributed by atoms with Crippen LogP contribution in [-0.4, -0.2) is 34.2 Å². The highest BCUT2D eigenvalue weighted by Crippen LogP contribution is 2.63. The minimum absolute atomic E-state index is 0.175. The Morgan fingerprint density at radius 1 is 1.24 bits per heavy atom. The Kier molecular flexibility index (Phi) is 9.21. The molecular formula is C20H29F2N2O2PS2. The van der Waals surface area contributed by atoms with E-state index in [9.17, 15) is 8.78 Å². The summed E-state index contributed by atoms with van der Waals surface area (Å²) >= 11 is 0. The van der Waals surface area contributed by atoms with Crippen LogP contribution in [0.15, 0.2) is 18.2 Å². The van der Waals surface area contributed by atoms with Gasteiger partial charge in [-0.25, -0.2) is 13.5 Å². The van der Waals surface area contributed by atoms with Crippen LogP contribution in [0.3, 0.4) is 0 Å². The zero-order valence-corrected chi connectivity index (χ0v) is 20.2. The lowest BCUT2D eigenvalue weighted by Crippen LogP contribution is -2.39. The number of nitriles is 1. The fraction of sp³-hybridized carbons (Fsp3) is 0.650. The molecule has 1 saturated heterocycles. The van der Waals surface area contributed by atoms with Gasteiger partial charge in [0.15, 0.2) is 0 Å². The van der Waals surface area contributed by atoms with Crippen LogP contribution < -0.4 is 0 Å². The van der Waals surface area contributed by atoms with Crippen LogP contribution in [0, 0.1) is 23.0 Å². The van der Waals surface area contributed by atoms with E-state index in [1.807, 2.05) is 0 Å². The standard InChI is InChI=1S/C20H29F2N2O2PS2/c1-13(2)24(14(3)4)27(25-11-7-10-23)26-19-18(28-29-20(19,5)6)16-9-8-15(21)12-17(16)22/h8-9,12-14,18-19H,7,11H2,1-6H3/t18-,19-,27?/m0/s1. The third-order valence-electron chi connectivity index (χ3n) is 4.46. The Labute approximate surface area is 182 Å². The molecule has 4 nitrogen and oxygen atoms in total. The zero-order chi connectivity index (χ0) is 21.8. The quantitative estimate of drug-likeness (QED) is 0.227. The number of halogens is 2. The van der Waals surface area contributed by atoms with E-state index in [0.29, 0.717) is 5.56 Å². The van der Waals surface area contributed by atoms with E-state index in [2.05, 4.69) is 52.3 Å². The van der Waals surface area contributed by atoms with Crippen LogP contribution in [0.25, 0.3) is 0 Å². The highest BCUT2D eigenvalue weighted by atomic mass is 33.1. The third-order valence-corrected chi connectivity index (χ3v) is 10.2. The molecule has 1 aliphatic rings. The smallest absolute Gasteiger partial charge is 0.259 e. The van der Waals surface area contributed by atoms with Gasteiger partial charge in [-0.05, 0) is 47.6 Å². The van der Waals surface area contributed by atoms with Crippen LogP contribution in [0.4, 0.5) is 8.78 Å². The van der Waals surface area contributed by atoms with Gasteiger partial charge in [-0.2, -0.15) is 5.26 Å². The average Bonchev–Trinajstić information content (AvgIpc) is 2.89. The molecule has 1 heterocycles. The Morgan fingerprint density at radius 2 is 1.90 bits per heavy atom. The van der Waals surface area contributed by atoms with Crippen molar-refractivity contribution in [2.24, 2.45) is 0 Å². The normalized spacial score (nSPS) is 22.4. The second-order valence-corrected chi connectivity index (χ2v) is 12.3. The van der Waals surface area contributed by atoms with E-state index in [1.165, 1.54) is 12.1 Å². The zero-order valence-electron chi connectivity index (χ0n) is 17.7. The maximum Gasteiger partial charge on any atom is 0.259 e. The molecule has 2 rings (SSSR count). The lowest BCUT2D eigenvalue weighted by molar-refractivity contribution is 0.114. The van der Waals surface area contributed by atoms with E-state index in [1.54, 1.807) is 21.6 Å². The first-order chi connectivity index (χ1) is 13.6. The van der Waals surface area contributed by atoms with Gasteiger partial charge in [-0.15, -0.1) is 0 Å². The fourth-order valence-electron chi connectivity index (χ4n) is 3.16. The molecule has 1 fully saturated rings. The molecule has 3 atom stereocenters. The molecule has 0 spiro atoms. The second-order valence-electron chi connectivity index (χ2n) is 7.94. The van der Waals surface area contributed by atoms with Gasteiger partial charge in [-0.3, -0.25) is 0 Å². The van der Waals surface area contributed by atoms with Crippen LogP contribution in [0.1, 0.15) is 58.8 Å². The summed E-state index contributed by atoms with van der Waals surface area (Å²) in [6, 6.07) is 6.15. The van der Waals surface area contributed by atoms with Gasteiger partial charge < -0.3 is 9.05 Å². The predicted molar refractivity (Wildman–Crippen MR) is 118 cm³/mol. The maximum atomic E-state index is 14.5. The van der Waals surface area contributed by atoms with Crippen molar-refractivity contribution in [2.75, 3.05) is 6.61 Å². The van der Waals surface area contributed by atoms with Crippen molar-refractivity contribution < 1.29 is 17.8 Å². The second kappa shape index (κ2) is 10.7. The van der Waals surface area contributed by atoms with Crippen molar-refractivity contribution >= 4 is 30.1 Å². The molecule has 1 aromatic carbocycles. The predicted octanol–water partition coefficient (Wildman–Crippen LogP) is 6.84. The summed E-state index contributed by atoms with van der Waals surface area (Å²) in [5.74, 6) is -1.15. The van der Waals surface area contributed by atoms with Crippen molar-refractivity contribution in [2.45, 2.75) is 76.1 Å². The van der Waals surface area contributed by atoms with Crippen molar-refractivity contribution in [1.82, 2.24) is 4.67 Å². The van der Waals surface area contributed by atoms with Gasteiger partial charge in [0.05, 0.1) is 30.5 Å². The van der Waals surface area contributed by atoms with E-state index < -0.39 is 20.2 Å². The molecule has 162 valence electrons. The molecule has 0 amide bonds. The monoisotopic (exact) mass is 462 g/mol. The highest BCUT2D eigenvalue weighted by Gasteiger charge is 2.49. The Bertz CT molecular complexity index is 723. The molecule has 9 heteroatoms. The molecule has 0 radical (unpaired) electrons. The van der Waals surface area contributed by atoms with Gasteiger partial charge in [-0.1, -0.05) is 27.7 Å². The lowest BCUT2D eigenvalue weighted by atomic mass is 9.97. The molecule has 0 bridgehead atoms. The van der Waals surface area contributed by atoms with Crippen LogP contribution in [-0.2, 0) is 9.05 Å². The fourth-order valence-corrected chi connectivity index (χ4v) is 8.66. The first kappa shape index (κ1) is 24.8. The van der Waals surface area contributed by atoms with Crippen molar-refractivity contribution in [3.05, 3.63) is 35.4 Å². The summed E-state index contributed by atoms with van der Waals surface area (Å²) < 4.78 is 42.4. The Balaban J connectivity index is 2.34. The molecule has 0 saturated carbocycles. The molecule has 0 aromatic heterocycles. The van der Waals surface area contributed by atoms with Crippen molar-refractivity contribution in [1.29, 1.82) is 5.26 Å². The Hall–Kier alpha value is -0.420. The SMILES string of the molecule is CC(C)N(C(C)C)P(OCCC#N)O[C@H]1[C@H](c2ccc(F)cc2F)SSC1(C)C. The number of rotatable bonds is 9. The summed E-state index contributed by atoms with van der Waals surface area (Å²) in [6.45, 7) is 12.7. The topological polar surface area (TPSA) is 45.5 Å². The number of hydrogen-bond donors (Lipinski definition) is 0. The minimum atomic E-state index is -1.46. The molecule has 0 N–H and O–H groups in total. The minimum Gasteiger partial charge on any atom is -0.321 e. The molecule has 29 heavy (non-hydrogen) atoms. The lowest BCUT2D eigenvalue weighted by Gasteiger charge is -2.39. The van der Waals surface area contributed by atoms with Gasteiger partial charge in [0.1, 0.15) is 11.6 Å². The summed E-state index contributed by atoms with van der Waals surface area (Å²) in [7, 11) is 1.72. The van der Waals surface area contributed by atoms with Gasteiger partial charge >= 0.3 is 0 Å². The van der Waals surface area contributed by atoms with E-state index in [-0.39, 0.29) is 41.2 Å². The van der Waals surface area contributed by atoms with E-state index >= 15 is 0 Å². The summed E-state index contributed by atoms with van der Waals surface area (Å²) in [4.78, 5) is 0.